The number of nitrogens with zero attached hydrogens (tertiary/aromatic N) is 2. The summed E-state index contributed by atoms with van der Waals surface area (Å²) >= 11 is 5.93. The van der Waals surface area contributed by atoms with E-state index in [1.165, 1.54) is 18.9 Å². The van der Waals surface area contributed by atoms with Crippen molar-refractivity contribution < 1.29 is 4.92 Å². The van der Waals surface area contributed by atoms with Gasteiger partial charge in [0, 0.05) is 24.3 Å². The van der Waals surface area contributed by atoms with Gasteiger partial charge in [0.1, 0.15) is 5.02 Å². The van der Waals surface area contributed by atoms with Crippen molar-refractivity contribution in [3.8, 4) is 0 Å². The lowest BCUT2D eigenvalue weighted by molar-refractivity contribution is -0.384. The maximum Gasteiger partial charge on any atom is 0.288 e. The van der Waals surface area contributed by atoms with Gasteiger partial charge in [0.2, 0.25) is 0 Å². The molecule has 2 unspecified atom stereocenters. The van der Waals surface area contributed by atoms with Crippen molar-refractivity contribution >= 4 is 23.0 Å². The summed E-state index contributed by atoms with van der Waals surface area (Å²) in [4.78, 5) is 12.6. The summed E-state index contributed by atoms with van der Waals surface area (Å²) in [6.07, 6.45) is 2.42. The third kappa shape index (κ3) is 3.61. The van der Waals surface area contributed by atoms with E-state index in [0.29, 0.717) is 12.0 Å². The predicted octanol–water partition coefficient (Wildman–Crippen LogP) is 3.39. The van der Waals surface area contributed by atoms with Gasteiger partial charge in [0.05, 0.1) is 4.92 Å². The number of likely N-dealkylation sites (tertiary alicyclic amines) is 1. The van der Waals surface area contributed by atoms with Crippen molar-refractivity contribution in [1.29, 1.82) is 0 Å². The average Bonchev–Trinajstić information content (AvgIpc) is 2.38. The Labute approximate surface area is 124 Å². The monoisotopic (exact) mass is 297 g/mol. The number of nitrogens with one attached hydrogen (secondary N) is 1. The number of rotatable bonds is 4. The highest BCUT2D eigenvalue weighted by Gasteiger charge is 2.23. The highest BCUT2D eigenvalue weighted by Crippen LogP contribution is 2.28. The topological polar surface area (TPSA) is 58.4 Å². The fourth-order valence-electron chi connectivity index (χ4n) is 2.74. The summed E-state index contributed by atoms with van der Waals surface area (Å²) < 4.78 is 0. The Bertz CT molecular complexity index is 495. The van der Waals surface area contributed by atoms with Gasteiger partial charge in [-0.1, -0.05) is 11.6 Å². The molecule has 0 radical (unpaired) electrons. The van der Waals surface area contributed by atoms with E-state index < -0.39 is 4.92 Å². The zero-order chi connectivity index (χ0) is 14.7. The van der Waals surface area contributed by atoms with E-state index in [4.69, 9.17) is 11.6 Å². The second-order valence-electron chi connectivity index (χ2n) is 5.52. The molecule has 1 N–H and O–H groups in total. The summed E-state index contributed by atoms with van der Waals surface area (Å²) in [7, 11) is 2.14. The molecule has 6 heteroatoms. The standard InChI is InChI=1S/C14H20ClN3O2/c1-10(11-4-3-7-17(2)9-11)16-12-5-6-14(18(19)20)13(15)8-12/h5-6,8,10-11,16H,3-4,7,9H2,1-2H3. The first-order valence-electron chi connectivity index (χ1n) is 6.86. The molecular formula is C14H20ClN3O2. The van der Waals surface area contributed by atoms with Crippen LogP contribution in [-0.4, -0.2) is 36.0 Å². The highest BCUT2D eigenvalue weighted by atomic mass is 35.5. The molecule has 0 aliphatic carbocycles. The number of piperidine rings is 1. The Balaban J connectivity index is 2.02. The summed E-state index contributed by atoms with van der Waals surface area (Å²) in [5, 5.41) is 14.3. The van der Waals surface area contributed by atoms with Gasteiger partial charge in [-0.25, -0.2) is 0 Å². The predicted molar refractivity (Wildman–Crippen MR) is 81.4 cm³/mol. The molecule has 0 spiro atoms. The fraction of sp³-hybridized carbons (Fsp3) is 0.571. The normalized spacial score (nSPS) is 21.4. The van der Waals surface area contributed by atoms with Gasteiger partial charge >= 0.3 is 0 Å². The van der Waals surface area contributed by atoms with Crippen molar-refractivity contribution in [1.82, 2.24) is 4.90 Å². The fourth-order valence-corrected chi connectivity index (χ4v) is 2.99. The minimum absolute atomic E-state index is 0.0535. The summed E-state index contributed by atoms with van der Waals surface area (Å²) in [5.74, 6) is 0.586. The molecule has 0 bridgehead atoms. The van der Waals surface area contributed by atoms with Crippen molar-refractivity contribution in [2.75, 3.05) is 25.5 Å². The van der Waals surface area contributed by atoms with Crippen LogP contribution in [0, 0.1) is 16.0 Å². The minimum atomic E-state index is -0.467. The van der Waals surface area contributed by atoms with Crippen LogP contribution in [0.15, 0.2) is 18.2 Å². The van der Waals surface area contributed by atoms with Crippen LogP contribution in [-0.2, 0) is 0 Å². The number of nitro groups is 1. The van der Waals surface area contributed by atoms with Gasteiger partial charge in [0.25, 0.3) is 5.69 Å². The van der Waals surface area contributed by atoms with Crippen molar-refractivity contribution in [2.24, 2.45) is 5.92 Å². The average molecular weight is 298 g/mol. The van der Waals surface area contributed by atoms with Gasteiger partial charge in [-0.05, 0) is 51.4 Å². The molecule has 1 heterocycles. The van der Waals surface area contributed by atoms with Gasteiger partial charge in [0.15, 0.2) is 0 Å². The van der Waals surface area contributed by atoms with E-state index in [1.807, 2.05) is 0 Å². The van der Waals surface area contributed by atoms with Crippen LogP contribution < -0.4 is 5.32 Å². The lowest BCUT2D eigenvalue weighted by Crippen LogP contribution is -2.39. The molecule has 1 saturated heterocycles. The number of halogens is 1. The number of nitro benzene ring substituents is 1. The highest BCUT2D eigenvalue weighted by molar-refractivity contribution is 6.32. The van der Waals surface area contributed by atoms with E-state index in [-0.39, 0.29) is 10.7 Å². The first kappa shape index (κ1) is 15.1. The van der Waals surface area contributed by atoms with Crippen molar-refractivity contribution in [3.05, 3.63) is 33.3 Å². The molecule has 2 rings (SSSR count). The van der Waals surface area contributed by atoms with E-state index in [1.54, 1.807) is 12.1 Å². The quantitative estimate of drug-likeness (QED) is 0.683. The maximum absolute atomic E-state index is 10.7. The molecule has 20 heavy (non-hydrogen) atoms. The molecular weight excluding hydrogens is 278 g/mol. The van der Waals surface area contributed by atoms with Crippen LogP contribution in [0.4, 0.5) is 11.4 Å². The van der Waals surface area contributed by atoms with Crippen molar-refractivity contribution in [3.63, 3.8) is 0 Å². The molecule has 1 fully saturated rings. The van der Waals surface area contributed by atoms with E-state index >= 15 is 0 Å². The van der Waals surface area contributed by atoms with Crippen LogP contribution >= 0.6 is 11.6 Å². The number of benzene rings is 1. The Hall–Kier alpha value is -1.33. The van der Waals surface area contributed by atoms with Crippen LogP contribution in [0.5, 0.6) is 0 Å². The van der Waals surface area contributed by atoms with E-state index in [9.17, 15) is 10.1 Å². The molecule has 1 aromatic rings. The third-order valence-electron chi connectivity index (χ3n) is 3.91. The van der Waals surface area contributed by atoms with Gasteiger partial charge < -0.3 is 10.2 Å². The number of hydrogen-bond donors (Lipinski definition) is 1. The molecule has 0 amide bonds. The van der Waals surface area contributed by atoms with Gasteiger partial charge in [-0.15, -0.1) is 0 Å². The van der Waals surface area contributed by atoms with Crippen LogP contribution in [0.1, 0.15) is 19.8 Å². The summed E-state index contributed by atoms with van der Waals surface area (Å²) in [6, 6.07) is 5.11. The van der Waals surface area contributed by atoms with Crippen LogP contribution in [0.3, 0.4) is 0 Å². The smallest absolute Gasteiger partial charge is 0.288 e. The molecule has 1 aromatic carbocycles. The maximum atomic E-state index is 10.7. The number of anilines is 1. The Kier molecular flexibility index (Phi) is 4.83. The van der Waals surface area contributed by atoms with E-state index in [0.717, 1.165) is 18.8 Å². The molecule has 1 aliphatic rings. The van der Waals surface area contributed by atoms with Crippen molar-refractivity contribution in [2.45, 2.75) is 25.8 Å². The third-order valence-corrected chi connectivity index (χ3v) is 4.21. The summed E-state index contributed by atoms with van der Waals surface area (Å²) in [6.45, 7) is 4.39. The molecule has 2 atom stereocenters. The molecule has 110 valence electrons. The second kappa shape index (κ2) is 6.41. The first-order valence-corrected chi connectivity index (χ1v) is 7.24. The Morgan fingerprint density at radius 3 is 2.90 bits per heavy atom. The summed E-state index contributed by atoms with van der Waals surface area (Å²) in [5.41, 5.74) is 0.781. The Morgan fingerprint density at radius 1 is 1.55 bits per heavy atom. The zero-order valence-electron chi connectivity index (χ0n) is 11.8. The van der Waals surface area contributed by atoms with Crippen LogP contribution in [0.2, 0.25) is 5.02 Å². The van der Waals surface area contributed by atoms with Crippen LogP contribution in [0.25, 0.3) is 0 Å². The van der Waals surface area contributed by atoms with Gasteiger partial charge in [-0.2, -0.15) is 0 Å². The minimum Gasteiger partial charge on any atom is -0.382 e. The van der Waals surface area contributed by atoms with E-state index in [2.05, 4.69) is 24.2 Å². The lowest BCUT2D eigenvalue weighted by atomic mass is 9.92. The molecule has 5 nitrogen and oxygen atoms in total. The number of hydrogen-bond acceptors (Lipinski definition) is 4. The largest absolute Gasteiger partial charge is 0.382 e. The second-order valence-corrected chi connectivity index (χ2v) is 5.93. The SMILES string of the molecule is CC(Nc1ccc([N+](=O)[O-])c(Cl)c1)C1CCCN(C)C1. The lowest BCUT2D eigenvalue weighted by Gasteiger charge is -2.34. The van der Waals surface area contributed by atoms with Gasteiger partial charge in [-0.3, -0.25) is 10.1 Å². The molecule has 0 aromatic heterocycles. The first-order chi connectivity index (χ1) is 9.47. The molecule has 0 saturated carbocycles. The zero-order valence-corrected chi connectivity index (χ0v) is 12.6. The molecule has 1 aliphatic heterocycles. The Morgan fingerprint density at radius 2 is 2.30 bits per heavy atom.